The van der Waals surface area contributed by atoms with Gasteiger partial charge in [0.2, 0.25) is 0 Å². The van der Waals surface area contributed by atoms with Gasteiger partial charge in [-0.2, -0.15) is 0 Å². The van der Waals surface area contributed by atoms with E-state index < -0.39 is 16.1 Å². The Balaban J connectivity index is 2.09. The van der Waals surface area contributed by atoms with Gasteiger partial charge in [-0.1, -0.05) is 43.0 Å². The fourth-order valence-electron chi connectivity index (χ4n) is 1.64. The van der Waals surface area contributed by atoms with E-state index in [1.807, 2.05) is 4.72 Å². The van der Waals surface area contributed by atoms with Gasteiger partial charge in [-0.25, -0.2) is 17.9 Å². The van der Waals surface area contributed by atoms with Crippen molar-refractivity contribution in [3.8, 4) is 0 Å². The molecule has 2 aromatic carbocycles. The van der Waals surface area contributed by atoms with Crippen LogP contribution in [0.5, 0.6) is 0 Å². The highest BCUT2D eigenvalue weighted by atomic mass is 32.2. The molecule has 0 bridgehead atoms. The SMILES string of the molecule is C=Cc1ccc(S(=O)(=O)NC(=O)Nc2ccccc2)cc1. The number of para-hydroxylation sites is 1. The molecule has 0 saturated carbocycles. The first-order chi connectivity index (χ1) is 10.0. The molecule has 0 heterocycles. The van der Waals surface area contributed by atoms with E-state index in [1.54, 1.807) is 48.5 Å². The number of carbonyl (C=O) groups excluding carboxylic acids is 1. The van der Waals surface area contributed by atoms with Gasteiger partial charge in [-0.05, 0) is 29.8 Å². The molecule has 2 aromatic rings. The third-order valence-corrected chi connectivity index (χ3v) is 4.03. The minimum Gasteiger partial charge on any atom is -0.307 e. The van der Waals surface area contributed by atoms with E-state index in [1.165, 1.54) is 12.1 Å². The summed E-state index contributed by atoms with van der Waals surface area (Å²) >= 11 is 0. The molecule has 2 rings (SSSR count). The zero-order valence-corrected chi connectivity index (χ0v) is 11.9. The molecule has 108 valence electrons. The summed E-state index contributed by atoms with van der Waals surface area (Å²) in [5.74, 6) is 0. The fourth-order valence-corrected chi connectivity index (χ4v) is 2.55. The second-order valence-electron chi connectivity index (χ2n) is 4.20. The Bertz CT molecular complexity index is 738. The van der Waals surface area contributed by atoms with E-state index in [-0.39, 0.29) is 4.90 Å². The number of sulfonamides is 1. The molecule has 21 heavy (non-hydrogen) atoms. The van der Waals surface area contributed by atoms with Gasteiger partial charge in [0.25, 0.3) is 10.0 Å². The summed E-state index contributed by atoms with van der Waals surface area (Å²) < 4.78 is 26.0. The molecule has 0 radical (unpaired) electrons. The molecule has 0 saturated heterocycles. The van der Waals surface area contributed by atoms with Gasteiger partial charge in [0, 0.05) is 5.69 Å². The largest absolute Gasteiger partial charge is 0.333 e. The molecule has 5 nitrogen and oxygen atoms in total. The second-order valence-corrected chi connectivity index (χ2v) is 5.88. The average Bonchev–Trinajstić information content (AvgIpc) is 2.47. The van der Waals surface area contributed by atoms with Crippen LogP contribution in [0, 0.1) is 0 Å². The van der Waals surface area contributed by atoms with Gasteiger partial charge in [-0.3, -0.25) is 0 Å². The van der Waals surface area contributed by atoms with Crippen molar-refractivity contribution in [1.82, 2.24) is 4.72 Å². The van der Waals surface area contributed by atoms with Crippen molar-refractivity contribution in [2.24, 2.45) is 0 Å². The lowest BCUT2D eigenvalue weighted by atomic mass is 10.2. The highest BCUT2D eigenvalue weighted by Crippen LogP contribution is 2.12. The Morgan fingerprint density at radius 3 is 2.19 bits per heavy atom. The summed E-state index contributed by atoms with van der Waals surface area (Å²) in [4.78, 5) is 11.7. The van der Waals surface area contributed by atoms with Crippen LogP contribution in [0.15, 0.2) is 66.1 Å². The Morgan fingerprint density at radius 2 is 1.62 bits per heavy atom. The fraction of sp³-hybridized carbons (Fsp3) is 0. The van der Waals surface area contributed by atoms with Crippen LogP contribution in [0.25, 0.3) is 6.08 Å². The number of nitrogens with one attached hydrogen (secondary N) is 2. The summed E-state index contributed by atoms with van der Waals surface area (Å²) in [5, 5.41) is 2.44. The summed E-state index contributed by atoms with van der Waals surface area (Å²) in [6, 6.07) is 13.8. The van der Waals surface area contributed by atoms with Gasteiger partial charge in [0.15, 0.2) is 0 Å². The zero-order chi connectivity index (χ0) is 15.3. The summed E-state index contributed by atoms with van der Waals surface area (Å²) in [5.41, 5.74) is 1.30. The summed E-state index contributed by atoms with van der Waals surface area (Å²) in [6.07, 6.45) is 1.60. The normalized spacial score (nSPS) is 10.7. The minimum absolute atomic E-state index is 0.0105. The Hall–Kier alpha value is -2.60. The maximum Gasteiger partial charge on any atom is 0.333 e. The summed E-state index contributed by atoms with van der Waals surface area (Å²) in [7, 11) is -3.90. The van der Waals surface area contributed by atoms with Crippen LogP contribution in [-0.4, -0.2) is 14.4 Å². The molecule has 0 aliphatic carbocycles. The van der Waals surface area contributed by atoms with Crippen molar-refractivity contribution < 1.29 is 13.2 Å². The van der Waals surface area contributed by atoms with E-state index in [2.05, 4.69) is 11.9 Å². The lowest BCUT2D eigenvalue weighted by Gasteiger charge is -2.08. The zero-order valence-electron chi connectivity index (χ0n) is 11.1. The number of urea groups is 1. The Morgan fingerprint density at radius 1 is 1.00 bits per heavy atom. The van der Waals surface area contributed by atoms with Crippen molar-refractivity contribution in [3.63, 3.8) is 0 Å². The van der Waals surface area contributed by atoms with E-state index in [4.69, 9.17) is 0 Å². The second kappa shape index (κ2) is 6.23. The molecule has 2 N–H and O–H groups in total. The highest BCUT2D eigenvalue weighted by molar-refractivity contribution is 7.90. The predicted molar refractivity (Wildman–Crippen MR) is 82.3 cm³/mol. The van der Waals surface area contributed by atoms with Crippen LogP contribution in [0.4, 0.5) is 10.5 Å². The van der Waals surface area contributed by atoms with E-state index in [0.29, 0.717) is 5.69 Å². The van der Waals surface area contributed by atoms with Gasteiger partial charge < -0.3 is 5.32 Å². The van der Waals surface area contributed by atoms with Gasteiger partial charge in [0.1, 0.15) is 0 Å². The van der Waals surface area contributed by atoms with Gasteiger partial charge >= 0.3 is 6.03 Å². The average molecular weight is 302 g/mol. The van der Waals surface area contributed by atoms with E-state index in [9.17, 15) is 13.2 Å². The lowest BCUT2D eigenvalue weighted by molar-refractivity contribution is 0.256. The smallest absolute Gasteiger partial charge is 0.307 e. The molecule has 6 heteroatoms. The third kappa shape index (κ3) is 3.93. The van der Waals surface area contributed by atoms with Gasteiger partial charge in [-0.15, -0.1) is 0 Å². The first kappa shape index (κ1) is 14.8. The van der Waals surface area contributed by atoms with Crippen molar-refractivity contribution in [2.45, 2.75) is 4.90 Å². The molecule has 0 spiro atoms. The number of benzene rings is 2. The first-order valence-electron chi connectivity index (χ1n) is 6.12. The molecule has 2 amide bonds. The van der Waals surface area contributed by atoms with E-state index >= 15 is 0 Å². The predicted octanol–water partition coefficient (Wildman–Crippen LogP) is 2.84. The van der Waals surface area contributed by atoms with Crippen LogP contribution in [0.3, 0.4) is 0 Å². The molecular weight excluding hydrogens is 288 g/mol. The van der Waals surface area contributed by atoms with Gasteiger partial charge in [0.05, 0.1) is 4.90 Å². The number of anilines is 1. The number of hydrogen-bond acceptors (Lipinski definition) is 3. The minimum atomic E-state index is -3.90. The monoisotopic (exact) mass is 302 g/mol. The van der Waals surface area contributed by atoms with Crippen LogP contribution < -0.4 is 10.0 Å². The topological polar surface area (TPSA) is 75.3 Å². The third-order valence-electron chi connectivity index (χ3n) is 2.68. The van der Waals surface area contributed by atoms with Crippen molar-refractivity contribution >= 4 is 27.8 Å². The maximum atomic E-state index is 12.0. The van der Waals surface area contributed by atoms with E-state index in [0.717, 1.165) is 5.56 Å². The Labute approximate surface area is 123 Å². The molecule has 0 fully saturated rings. The molecule has 0 aliphatic heterocycles. The van der Waals surface area contributed by atoms with Crippen molar-refractivity contribution in [1.29, 1.82) is 0 Å². The standard InChI is InChI=1S/C15H14N2O3S/c1-2-12-8-10-14(11-9-12)21(19,20)17-15(18)16-13-6-4-3-5-7-13/h2-11H,1H2,(H2,16,17,18). The van der Waals surface area contributed by atoms with Crippen molar-refractivity contribution in [3.05, 3.63) is 66.7 Å². The van der Waals surface area contributed by atoms with Crippen LogP contribution in [0.1, 0.15) is 5.56 Å². The molecule has 0 unspecified atom stereocenters. The molecule has 0 aliphatic rings. The van der Waals surface area contributed by atoms with Crippen LogP contribution in [-0.2, 0) is 10.0 Å². The molecule has 0 atom stereocenters. The maximum absolute atomic E-state index is 12.0. The number of rotatable bonds is 4. The number of carbonyl (C=O) groups is 1. The first-order valence-corrected chi connectivity index (χ1v) is 7.61. The van der Waals surface area contributed by atoms with Crippen LogP contribution >= 0.6 is 0 Å². The lowest BCUT2D eigenvalue weighted by Crippen LogP contribution is -2.34. The highest BCUT2D eigenvalue weighted by Gasteiger charge is 2.17. The molecule has 0 aromatic heterocycles. The van der Waals surface area contributed by atoms with Crippen molar-refractivity contribution in [2.75, 3.05) is 5.32 Å². The Kier molecular flexibility index (Phi) is 4.39. The molecular formula is C15H14N2O3S. The number of amides is 2. The van der Waals surface area contributed by atoms with Crippen LogP contribution in [0.2, 0.25) is 0 Å². The number of hydrogen-bond donors (Lipinski definition) is 2. The quantitative estimate of drug-likeness (QED) is 0.912. The summed E-state index contributed by atoms with van der Waals surface area (Å²) in [6.45, 7) is 3.59.